The summed E-state index contributed by atoms with van der Waals surface area (Å²) in [6.45, 7) is 0. The van der Waals surface area contributed by atoms with E-state index in [1.807, 2.05) is 0 Å². The maximum absolute atomic E-state index is 13.2. The van der Waals surface area contributed by atoms with Gasteiger partial charge in [0.1, 0.15) is 4.90 Å². The molecule has 0 spiro atoms. The molecule has 0 bridgehead atoms. The molecule has 5 nitrogen and oxygen atoms in total. The average Bonchev–Trinajstić information content (AvgIpc) is 3.05. The molecule has 3 rings (SSSR count). The van der Waals surface area contributed by atoms with E-state index in [2.05, 4.69) is 9.50 Å². The Bertz CT molecular complexity index is 1250. The fourth-order valence-corrected chi connectivity index (χ4v) is 4.59. The van der Waals surface area contributed by atoms with E-state index in [9.17, 15) is 34.8 Å². The highest BCUT2D eigenvalue weighted by Crippen LogP contribution is 2.35. The summed E-state index contributed by atoms with van der Waals surface area (Å²) in [5, 5.41) is 2.13. The van der Waals surface area contributed by atoms with Crippen LogP contribution in [0.5, 0.6) is 0 Å². The molecule has 0 N–H and O–H groups in total. The molecule has 0 saturated carbocycles. The summed E-state index contributed by atoms with van der Waals surface area (Å²) in [4.78, 5) is -1.98. The molecule has 0 radical (unpaired) electrons. The molecule has 160 valence electrons. The zero-order chi connectivity index (χ0) is 22.3. The first-order valence-electron chi connectivity index (χ1n) is 7.69. The number of benzene rings is 2. The fraction of sp³-hybridized carbons (Fsp3) is 0.125. The maximum atomic E-state index is 13.2. The highest BCUT2D eigenvalue weighted by atomic mass is 35.5. The van der Waals surface area contributed by atoms with E-state index >= 15 is 0 Å². The second-order valence-corrected chi connectivity index (χ2v) is 8.60. The predicted molar refractivity (Wildman–Crippen MR) is 95.6 cm³/mol. The van der Waals surface area contributed by atoms with Crippen LogP contribution in [0.2, 0.25) is 5.02 Å². The number of rotatable bonds is 3. The molecule has 0 fully saturated rings. The Hall–Kier alpha value is -2.38. The lowest BCUT2D eigenvalue weighted by molar-refractivity contribution is -0.140. The number of halogens is 7. The van der Waals surface area contributed by atoms with Gasteiger partial charge in [-0.15, -0.1) is 9.50 Å². The van der Waals surface area contributed by atoms with Crippen LogP contribution < -0.4 is 4.80 Å². The van der Waals surface area contributed by atoms with Crippen LogP contribution in [0.25, 0.3) is 5.69 Å². The summed E-state index contributed by atoms with van der Waals surface area (Å²) in [6, 6.07) is 8.34. The molecule has 1 heterocycles. The Kier molecular flexibility index (Phi) is 5.73. The first kappa shape index (κ1) is 22.3. The van der Waals surface area contributed by atoms with Crippen molar-refractivity contribution in [2.45, 2.75) is 17.2 Å². The van der Waals surface area contributed by atoms with Crippen molar-refractivity contribution < 1.29 is 34.8 Å². The van der Waals surface area contributed by atoms with E-state index in [-0.39, 0.29) is 22.0 Å². The van der Waals surface area contributed by atoms with Crippen molar-refractivity contribution >= 4 is 33.0 Å². The van der Waals surface area contributed by atoms with Crippen molar-refractivity contribution in [3.05, 3.63) is 68.9 Å². The Balaban J connectivity index is 2.27. The summed E-state index contributed by atoms with van der Waals surface area (Å²) < 4.78 is 108. The molecule has 1 aromatic heterocycles. The zero-order valence-corrected chi connectivity index (χ0v) is 16.6. The van der Waals surface area contributed by atoms with E-state index in [4.69, 9.17) is 11.6 Å². The SMILES string of the molecule is O=S(=O)(/N=c1\sc(C(F)(F)F)nn1-c1ccc(Cl)cc1)c1ccccc1C(F)(F)F. The molecule has 0 amide bonds. The van der Waals surface area contributed by atoms with Gasteiger partial charge < -0.3 is 0 Å². The van der Waals surface area contributed by atoms with E-state index in [0.29, 0.717) is 16.8 Å². The van der Waals surface area contributed by atoms with Crippen LogP contribution in [0.1, 0.15) is 10.6 Å². The molecule has 0 aliphatic heterocycles. The van der Waals surface area contributed by atoms with Crippen LogP contribution in [0, 0.1) is 0 Å². The molecule has 0 saturated heterocycles. The van der Waals surface area contributed by atoms with Crippen molar-refractivity contribution in [1.82, 2.24) is 9.78 Å². The number of nitrogens with zero attached hydrogens (tertiary/aromatic N) is 3. The summed E-state index contributed by atoms with van der Waals surface area (Å²) in [5.74, 6) is 0. The molecular formula is C16H8ClF6N3O2S2. The van der Waals surface area contributed by atoms with E-state index in [0.717, 1.165) is 12.1 Å². The van der Waals surface area contributed by atoms with Gasteiger partial charge in [0, 0.05) is 5.02 Å². The van der Waals surface area contributed by atoms with Gasteiger partial charge in [0.25, 0.3) is 10.0 Å². The number of sulfonamides is 1. The van der Waals surface area contributed by atoms with Crippen LogP contribution >= 0.6 is 22.9 Å². The molecule has 14 heteroatoms. The smallest absolute Gasteiger partial charge is 0.204 e. The summed E-state index contributed by atoms with van der Waals surface area (Å²) >= 11 is 5.60. The lowest BCUT2D eigenvalue weighted by atomic mass is 10.2. The largest absolute Gasteiger partial charge is 0.445 e. The minimum absolute atomic E-state index is 0.0239. The average molecular weight is 488 g/mol. The van der Waals surface area contributed by atoms with Crippen LogP contribution in [-0.4, -0.2) is 18.2 Å². The Labute approximate surface area is 173 Å². The van der Waals surface area contributed by atoms with Gasteiger partial charge >= 0.3 is 12.4 Å². The van der Waals surface area contributed by atoms with Gasteiger partial charge in [-0.1, -0.05) is 35.1 Å². The van der Waals surface area contributed by atoms with Gasteiger partial charge in [-0.05, 0) is 36.4 Å². The van der Waals surface area contributed by atoms with Gasteiger partial charge in [-0.3, -0.25) is 0 Å². The third kappa shape index (κ3) is 4.68. The van der Waals surface area contributed by atoms with Crippen molar-refractivity contribution in [3.8, 4) is 5.69 Å². The van der Waals surface area contributed by atoms with Gasteiger partial charge in [-0.25, -0.2) is 4.68 Å². The van der Waals surface area contributed by atoms with E-state index in [1.165, 1.54) is 24.3 Å². The topological polar surface area (TPSA) is 64.3 Å². The van der Waals surface area contributed by atoms with Crippen molar-refractivity contribution in [2.75, 3.05) is 0 Å². The standard InChI is InChI=1S/C16H8ClF6N3O2S2/c17-9-5-7-10(8-6-9)26-14(29-13(24-26)16(21,22)23)25-30(27,28)12-4-2-1-3-11(12)15(18,19)20/h1-8H/b25-14-. The number of hydrogen-bond donors (Lipinski definition) is 0. The molecule has 0 aliphatic rings. The van der Waals surface area contributed by atoms with Gasteiger partial charge in [-0.2, -0.15) is 34.8 Å². The van der Waals surface area contributed by atoms with Crippen molar-refractivity contribution in [3.63, 3.8) is 0 Å². The highest BCUT2D eigenvalue weighted by Gasteiger charge is 2.38. The highest BCUT2D eigenvalue weighted by molar-refractivity contribution is 7.90. The monoisotopic (exact) mass is 487 g/mol. The van der Waals surface area contributed by atoms with Crippen LogP contribution in [0.15, 0.2) is 57.8 Å². The lowest BCUT2D eigenvalue weighted by Crippen LogP contribution is -2.18. The van der Waals surface area contributed by atoms with Crippen LogP contribution in [0.3, 0.4) is 0 Å². The van der Waals surface area contributed by atoms with E-state index in [1.54, 1.807) is 0 Å². The first-order chi connectivity index (χ1) is 13.8. The first-order valence-corrected chi connectivity index (χ1v) is 10.3. The van der Waals surface area contributed by atoms with Crippen molar-refractivity contribution in [2.24, 2.45) is 4.40 Å². The lowest BCUT2D eigenvalue weighted by Gasteiger charge is -2.10. The van der Waals surface area contributed by atoms with Crippen LogP contribution in [-0.2, 0) is 22.4 Å². The molecule has 0 aliphatic carbocycles. The quantitative estimate of drug-likeness (QED) is 0.493. The van der Waals surface area contributed by atoms with Gasteiger partial charge in [0.15, 0.2) is 0 Å². The summed E-state index contributed by atoms with van der Waals surface area (Å²) in [5.41, 5.74) is -1.52. The molecule has 30 heavy (non-hydrogen) atoms. The minimum Gasteiger partial charge on any atom is -0.204 e. The zero-order valence-electron chi connectivity index (χ0n) is 14.2. The molecule has 0 atom stereocenters. The number of hydrogen-bond acceptors (Lipinski definition) is 4. The predicted octanol–water partition coefficient (Wildman–Crippen LogP) is 4.91. The fourth-order valence-electron chi connectivity index (χ4n) is 2.28. The molecule has 3 aromatic rings. The Morgan fingerprint density at radius 3 is 2.10 bits per heavy atom. The third-order valence-electron chi connectivity index (χ3n) is 3.54. The molecule has 0 unspecified atom stereocenters. The normalized spacial score (nSPS) is 13.6. The van der Waals surface area contributed by atoms with Gasteiger partial charge in [0.05, 0.1) is 11.3 Å². The minimum atomic E-state index is -5.04. The Morgan fingerprint density at radius 2 is 1.53 bits per heavy atom. The van der Waals surface area contributed by atoms with Crippen molar-refractivity contribution in [1.29, 1.82) is 0 Å². The van der Waals surface area contributed by atoms with Gasteiger partial charge in [0.2, 0.25) is 9.81 Å². The van der Waals surface area contributed by atoms with Crippen LogP contribution in [0.4, 0.5) is 26.3 Å². The summed E-state index contributed by atoms with van der Waals surface area (Å²) in [7, 11) is -5.04. The molecule has 2 aromatic carbocycles. The second-order valence-electron chi connectivity index (χ2n) is 5.64. The van der Waals surface area contributed by atoms with E-state index < -0.39 is 42.6 Å². The maximum Gasteiger partial charge on any atom is 0.445 e. The number of alkyl halides is 6. The molecular weight excluding hydrogens is 480 g/mol. The second kappa shape index (κ2) is 7.71. The number of aromatic nitrogens is 2. The third-order valence-corrected chi connectivity index (χ3v) is 6.19. The summed E-state index contributed by atoms with van der Waals surface area (Å²) in [6.07, 6.45) is -9.95. The Morgan fingerprint density at radius 1 is 0.933 bits per heavy atom.